The standard InChI is InChI=1S/C17H17N3O2/c1-10-13(18)4-6-16-19-17(11(2)20(10)16)12-3-5-14-15(9-12)22-8-7-21-14/h3-6,9H,7-8,18H2,1-2H3. The van der Waals surface area contributed by atoms with E-state index in [0.29, 0.717) is 13.2 Å². The maximum Gasteiger partial charge on any atom is 0.162 e. The molecule has 112 valence electrons. The molecule has 3 aromatic rings. The van der Waals surface area contributed by atoms with Gasteiger partial charge in [-0.3, -0.25) is 4.40 Å². The number of nitrogen functional groups attached to an aromatic ring is 1. The Labute approximate surface area is 128 Å². The molecule has 0 aliphatic carbocycles. The molecule has 0 spiro atoms. The topological polar surface area (TPSA) is 61.8 Å². The van der Waals surface area contributed by atoms with Crippen molar-refractivity contribution in [3.05, 3.63) is 41.7 Å². The SMILES string of the molecule is Cc1c(N)ccc2nc(-c3ccc4c(c3)OCCO4)c(C)n12. The Morgan fingerprint density at radius 3 is 2.59 bits per heavy atom. The van der Waals surface area contributed by atoms with E-state index in [9.17, 15) is 0 Å². The largest absolute Gasteiger partial charge is 0.486 e. The monoisotopic (exact) mass is 295 g/mol. The van der Waals surface area contributed by atoms with Crippen LogP contribution in [0.2, 0.25) is 0 Å². The summed E-state index contributed by atoms with van der Waals surface area (Å²) >= 11 is 0. The van der Waals surface area contributed by atoms with Gasteiger partial charge in [0.2, 0.25) is 0 Å². The van der Waals surface area contributed by atoms with Crippen molar-refractivity contribution in [1.82, 2.24) is 9.38 Å². The average molecular weight is 295 g/mol. The smallest absolute Gasteiger partial charge is 0.162 e. The zero-order valence-electron chi connectivity index (χ0n) is 12.6. The second-order valence-corrected chi connectivity index (χ2v) is 5.47. The number of hydrogen-bond acceptors (Lipinski definition) is 4. The molecular formula is C17H17N3O2. The second kappa shape index (κ2) is 4.66. The van der Waals surface area contributed by atoms with Gasteiger partial charge in [0.25, 0.3) is 0 Å². The summed E-state index contributed by atoms with van der Waals surface area (Å²) in [6, 6.07) is 9.78. The van der Waals surface area contributed by atoms with Crippen LogP contribution in [0.3, 0.4) is 0 Å². The van der Waals surface area contributed by atoms with Crippen molar-refractivity contribution in [2.24, 2.45) is 0 Å². The third-order valence-corrected chi connectivity index (χ3v) is 4.11. The van der Waals surface area contributed by atoms with Gasteiger partial charge < -0.3 is 15.2 Å². The molecule has 0 saturated carbocycles. The number of hydrogen-bond donors (Lipinski definition) is 1. The number of rotatable bonds is 1. The van der Waals surface area contributed by atoms with Crippen LogP contribution in [0.5, 0.6) is 11.5 Å². The molecule has 3 heterocycles. The first kappa shape index (κ1) is 13.0. The van der Waals surface area contributed by atoms with Gasteiger partial charge in [-0.05, 0) is 44.2 Å². The first-order valence-corrected chi connectivity index (χ1v) is 7.29. The molecule has 2 N–H and O–H groups in total. The minimum absolute atomic E-state index is 0.580. The van der Waals surface area contributed by atoms with E-state index >= 15 is 0 Å². The van der Waals surface area contributed by atoms with Crippen molar-refractivity contribution in [3.8, 4) is 22.8 Å². The Hall–Kier alpha value is -2.69. The number of anilines is 1. The summed E-state index contributed by atoms with van der Waals surface area (Å²) in [5.41, 5.74) is 11.7. The minimum atomic E-state index is 0.580. The first-order valence-electron chi connectivity index (χ1n) is 7.29. The fourth-order valence-electron chi connectivity index (χ4n) is 2.94. The predicted molar refractivity (Wildman–Crippen MR) is 85.5 cm³/mol. The molecule has 0 radical (unpaired) electrons. The van der Waals surface area contributed by atoms with Crippen LogP contribution in [0.15, 0.2) is 30.3 Å². The van der Waals surface area contributed by atoms with Crippen LogP contribution in [0.1, 0.15) is 11.4 Å². The average Bonchev–Trinajstić information content (AvgIpc) is 2.88. The number of benzene rings is 1. The lowest BCUT2D eigenvalue weighted by Crippen LogP contribution is -2.15. The molecule has 5 nitrogen and oxygen atoms in total. The van der Waals surface area contributed by atoms with Crippen LogP contribution in [-0.4, -0.2) is 22.6 Å². The molecular weight excluding hydrogens is 278 g/mol. The predicted octanol–water partition coefficient (Wildman–Crippen LogP) is 2.97. The van der Waals surface area contributed by atoms with Gasteiger partial charge in [-0.1, -0.05) is 0 Å². The van der Waals surface area contributed by atoms with E-state index in [4.69, 9.17) is 20.2 Å². The highest BCUT2D eigenvalue weighted by atomic mass is 16.6. The maximum absolute atomic E-state index is 6.01. The summed E-state index contributed by atoms with van der Waals surface area (Å²) in [5, 5.41) is 0. The lowest BCUT2D eigenvalue weighted by atomic mass is 10.1. The van der Waals surface area contributed by atoms with Gasteiger partial charge in [-0.2, -0.15) is 0 Å². The van der Waals surface area contributed by atoms with Crippen molar-refractivity contribution in [2.75, 3.05) is 18.9 Å². The zero-order chi connectivity index (χ0) is 15.3. The molecule has 0 saturated heterocycles. The van der Waals surface area contributed by atoms with Crippen molar-refractivity contribution in [1.29, 1.82) is 0 Å². The summed E-state index contributed by atoms with van der Waals surface area (Å²) in [5.74, 6) is 1.56. The summed E-state index contributed by atoms with van der Waals surface area (Å²) in [7, 11) is 0. The van der Waals surface area contributed by atoms with Crippen LogP contribution in [0.25, 0.3) is 16.9 Å². The van der Waals surface area contributed by atoms with E-state index in [2.05, 4.69) is 11.3 Å². The normalized spacial score (nSPS) is 13.5. The molecule has 0 unspecified atom stereocenters. The van der Waals surface area contributed by atoms with E-state index < -0.39 is 0 Å². The maximum atomic E-state index is 6.01. The number of fused-ring (bicyclic) bond motifs is 2. The summed E-state index contributed by atoms with van der Waals surface area (Å²) in [6.45, 7) is 5.23. The Kier molecular flexibility index (Phi) is 2.76. The molecule has 0 atom stereocenters. The van der Waals surface area contributed by atoms with E-state index in [1.54, 1.807) is 0 Å². The number of pyridine rings is 1. The quantitative estimate of drug-likeness (QED) is 0.749. The molecule has 5 heteroatoms. The van der Waals surface area contributed by atoms with E-state index in [1.165, 1.54) is 0 Å². The molecule has 1 aliphatic rings. The molecule has 0 fully saturated rings. The molecule has 0 amide bonds. The van der Waals surface area contributed by atoms with Crippen LogP contribution < -0.4 is 15.2 Å². The number of imidazole rings is 1. The molecule has 4 rings (SSSR count). The van der Waals surface area contributed by atoms with Gasteiger partial charge in [0.1, 0.15) is 18.9 Å². The van der Waals surface area contributed by atoms with Gasteiger partial charge in [0.05, 0.1) is 11.4 Å². The van der Waals surface area contributed by atoms with Crippen molar-refractivity contribution in [2.45, 2.75) is 13.8 Å². The fourth-order valence-corrected chi connectivity index (χ4v) is 2.94. The zero-order valence-corrected chi connectivity index (χ0v) is 12.6. The molecule has 0 bridgehead atoms. The Morgan fingerprint density at radius 1 is 1.00 bits per heavy atom. The third-order valence-electron chi connectivity index (χ3n) is 4.11. The highest BCUT2D eigenvalue weighted by Crippen LogP contribution is 2.35. The molecule has 1 aliphatic heterocycles. The molecule has 1 aromatic carbocycles. The fraction of sp³-hybridized carbons (Fsp3) is 0.235. The van der Waals surface area contributed by atoms with E-state index in [1.807, 2.05) is 37.3 Å². The summed E-state index contributed by atoms with van der Waals surface area (Å²) in [4.78, 5) is 4.74. The first-order chi connectivity index (χ1) is 10.6. The van der Waals surface area contributed by atoms with Crippen LogP contribution in [0, 0.1) is 13.8 Å². The Balaban J connectivity index is 1.91. The van der Waals surface area contributed by atoms with Gasteiger partial charge in [-0.25, -0.2) is 4.98 Å². The number of nitrogens with zero attached hydrogens (tertiary/aromatic N) is 2. The van der Waals surface area contributed by atoms with Gasteiger partial charge in [0.15, 0.2) is 11.5 Å². The lowest BCUT2D eigenvalue weighted by molar-refractivity contribution is 0.171. The van der Waals surface area contributed by atoms with E-state index in [-0.39, 0.29) is 0 Å². The van der Waals surface area contributed by atoms with Gasteiger partial charge in [0, 0.05) is 17.0 Å². The van der Waals surface area contributed by atoms with E-state index in [0.717, 1.165) is 45.5 Å². The minimum Gasteiger partial charge on any atom is -0.486 e. The highest BCUT2D eigenvalue weighted by molar-refractivity contribution is 5.70. The van der Waals surface area contributed by atoms with Crippen LogP contribution >= 0.6 is 0 Å². The number of aryl methyl sites for hydroxylation is 2. The third kappa shape index (κ3) is 1.82. The number of aromatic nitrogens is 2. The highest BCUT2D eigenvalue weighted by Gasteiger charge is 2.17. The van der Waals surface area contributed by atoms with Crippen molar-refractivity contribution < 1.29 is 9.47 Å². The van der Waals surface area contributed by atoms with Gasteiger partial charge in [-0.15, -0.1) is 0 Å². The Bertz CT molecular complexity index is 883. The van der Waals surface area contributed by atoms with Crippen molar-refractivity contribution in [3.63, 3.8) is 0 Å². The Morgan fingerprint density at radius 2 is 1.77 bits per heavy atom. The molecule has 22 heavy (non-hydrogen) atoms. The second-order valence-electron chi connectivity index (χ2n) is 5.47. The van der Waals surface area contributed by atoms with Gasteiger partial charge >= 0.3 is 0 Å². The summed E-state index contributed by atoms with van der Waals surface area (Å²) < 4.78 is 13.3. The number of ether oxygens (including phenoxy) is 2. The van der Waals surface area contributed by atoms with Crippen LogP contribution in [0.4, 0.5) is 5.69 Å². The molecule has 2 aromatic heterocycles. The van der Waals surface area contributed by atoms with Crippen LogP contribution in [-0.2, 0) is 0 Å². The van der Waals surface area contributed by atoms with Crippen molar-refractivity contribution >= 4 is 11.3 Å². The lowest BCUT2D eigenvalue weighted by Gasteiger charge is -2.18. The number of nitrogens with two attached hydrogens (primary N) is 1. The summed E-state index contributed by atoms with van der Waals surface area (Å²) in [6.07, 6.45) is 0.